The van der Waals surface area contributed by atoms with Gasteiger partial charge in [-0.05, 0) is 6.07 Å². The van der Waals surface area contributed by atoms with Crippen molar-refractivity contribution >= 4 is 22.4 Å². The minimum Gasteiger partial charge on any atom is -0.383 e. The molecule has 2 rings (SSSR count). The maximum absolute atomic E-state index is 11.9. The second kappa shape index (κ2) is 6.21. The topological polar surface area (TPSA) is 86.1 Å². The number of carbonyl (C=O) groups excluding carboxylic acids is 1. The van der Waals surface area contributed by atoms with Crippen molar-refractivity contribution in [2.24, 2.45) is 0 Å². The lowest BCUT2D eigenvalue weighted by Crippen LogP contribution is -2.27. The van der Waals surface area contributed by atoms with Gasteiger partial charge in [-0.15, -0.1) is 11.3 Å². The first-order chi connectivity index (χ1) is 9.20. The van der Waals surface area contributed by atoms with E-state index < -0.39 is 5.91 Å². The maximum Gasteiger partial charge on any atom is 0.277 e. The van der Waals surface area contributed by atoms with Crippen LogP contribution in [0.2, 0.25) is 0 Å². The van der Waals surface area contributed by atoms with E-state index in [0.29, 0.717) is 18.3 Å². The lowest BCUT2D eigenvalue weighted by molar-refractivity contribution is 0.101. The highest BCUT2D eigenvalue weighted by Crippen LogP contribution is 2.11. The van der Waals surface area contributed by atoms with Crippen molar-refractivity contribution in [2.75, 3.05) is 19.0 Å². The number of amides is 1. The Kier molecular flexibility index (Phi) is 4.37. The van der Waals surface area contributed by atoms with E-state index in [1.807, 2.05) is 0 Å². The average molecular weight is 280 g/mol. The van der Waals surface area contributed by atoms with Gasteiger partial charge in [0.1, 0.15) is 5.69 Å². The van der Waals surface area contributed by atoms with E-state index in [4.69, 9.17) is 4.74 Å². The first kappa shape index (κ1) is 13.4. The van der Waals surface area contributed by atoms with Crippen LogP contribution in [0.3, 0.4) is 0 Å². The molecule has 2 aromatic heterocycles. The first-order valence-corrected chi connectivity index (χ1v) is 6.36. The SMILES string of the molecule is COCCn1nc(C(=O)Nc2nccs2)ccc1=O. The van der Waals surface area contributed by atoms with Gasteiger partial charge in [0, 0.05) is 24.8 Å². The van der Waals surface area contributed by atoms with Crippen LogP contribution in [-0.2, 0) is 11.3 Å². The van der Waals surface area contributed by atoms with Gasteiger partial charge in [-0.25, -0.2) is 9.67 Å². The van der Waals surface area contributed by atoms with Gasteiger partial charge in [0.2, 0.25) is 0 Å². The van der Waals surface area contributed by atoms with Gasteiger partial charge in [-0.1, -0.05) is 0 Å². The normalized spacial score (nSPS) is 10.4. The van der Waals surface area contributed by atoms with Crippen molar-refractivity contribution in [3.05, 3.63) is 39.8 Å². The molecule has 2 aromatic rings. The van der Waals surface area contributed by atoms with Crippen molar-refractivity contribution in [2.45, 2.75) is 6.54 Å². The van der Waals surface area contributed by atoms with Gasteiger partial charge in [0.05, 0.1) is 13.2 Å². The van der Waals surface area contributed by atoms with Gasteiger partial charge in [-0.2, -0.15) is 5.10 Å². The van der Waals surface area contributed by atoms with Crippen molar-refractivity contribution in [1.29, 1.82) is 0 Å². The summed E-state index contributed by atoms with van der Waals surface area (Å²) in [6.45, 7) is 0.651. The van der Waals surface area contributed by atoms with Crippen LogP contribution in [0.15, 0.2) is 28.5 Å². The largest absolute Gasteiger partial charge is 0.383 e. The summed E-state index contributed by atoms with van der Waals surface area (Å²) in [5.41, 5.74) is -0.117. The second-order valence-corrected chi connectivity index (χ2v) is 4.46. The van der Waals surface area contributed by atoms with Crippen LogP contribution in [0.4, 0.5) is 5.13 Å². The van der Waals surface area contributed by atoms with Crippen LogP contribution in [0.25, 0.3) is 0 Å². The van der Waals surface area contributed by atoms with Crippen molar-refractivity contribution in [3.8, 4) is 0 Å². The Morgan fingerprint density at radius 1 is 1.53 bits per heavy atom. The van der Waals surface area contributed by atoms with Crippen LogP contribution in [-0.4, -0.2) is 34.4 Å². The Bertz CT molecular complexity index is 609. The van der Waals surface area contributed by atoms with Gasteiger partial charge in [0.25, 0.3) is 11.5 Å². The summed E-state index contributed by atoms with van der Waals surface area (Å²) in [5.74, 6) is -0.402. The van der Waals surface area contributed by atoms with Gasteiger partial charge < -0.3 is 4.74 Å². The molecule has 2 heterocycles. The fraction of sp³-hybridized carbons (Fsp3) is 0.273. The number of hydrogen-bond acceptors (Lipinski definition) is 6. The first-order valence-electron chi connectivity index (χ1n) is 5.48. The molecule has 0 radical (unpaired) electrons. The summed E-state index contributed by atoms with van der Waals surface area (Å²) in [7, 11) is 1.53. The molecule has 8 heteroatoms. The van der Waals surface area contributed by atoms with E-state index in [1.165, 1.54) is 35.3 Å². The van der Waals surface area contributed by atoms with E-state index >= 15 is 0 Å². The van der Waals surface area contributed by atoms with E-state index in [9.17, 15) is 9.59 Å². The molecular weight excluding hydrogens is 268 g/mol. The third kappa shape index (κ3) is 3.46. The van der Waals surface area contributed by atoms with E-state index in [0.717, 1.165) is 0 Å². The predicted molar refractivity (Wildman–Crippen MR) is 70.4 cm³/mol. The van der Waals surface area contributed by atoms with Crippen LogP contribution in [0.5, 0.6) is 0 Å². The number of anilines is 1. The molecule has 1 N–H and O–H groups in total. The maximum atomic E-state index is 11.9. The highest BCUT2D eigenvalue weighted by Gasteiger charge is 2.10. The molecule has 0 aliphatic rings. The summed E-state index contributed by atoms with van der Waals surface area (Å²) in [4.78, 5) is 27.4. The Hall–Kier alpha value is -2.06. The monoisotopic (exact) mass is 280 g/mol. The number of methoxy groups -OCH3 is 1. The summed E-state index contributed by atoms with van der Waals surface area (Å²) in [6.07, 6.45) is 1.59. The molecule has 0 atom stereocenters. The van der Waals surface area contributed by atoms with Crippen LogP contribution >= 0.6 is 11.3 Å². The Morgan fingerprint density at radius 2 is 2.37 bits per heavy atom. The lowest BCUT2D eigenvalue weighted by atomic mass is 10.3. The molecule has 100 valence electrons. The highest BCUT2D eigenvalue weighted by atomic mass is 32.1. The van der Waals surface area contributed by atoms with Crippen molar-refractivity contribution in [1.82, 2.24) is 14.8 Å². The Balaban J connectivity index is 2.15. The number of rotatable bonds is 5. The minimum atomic E-state index is -0.402. The summed E-state index contributed by atoms with van der Waals surface area (Å²) in [6, 6.07) is 2.69. The molecule has 0 spiro atoms. The van der Waals surface area contributed by atoms with Gasteiger partial charge >= 0.3 is 0 Å². The highest BCUT2D eigenvalue weighted by molar-refractivity contribution is 7.13. The van der Waals surface area contributed by atoms with E-state index in [1.54, 1.807) is 11.6 Å². The molecule has 0 saturated heterocycles. The molecular formula is C11H12N4O3S. The van der Waals surface area contributed by atoms with Gasteiger partial charge in [-0.3, -0.25) is 14.9 Å². The summed E-state index contributed by atoms with van der Waals surface area (Å²) in [5, 5.41) is 8.82. The number of hydrogen-bond donors (Lipinski definition) is 1. The van der Waals surface area contributed by atoms with Crippen LogP contribution in [0.1, 0.15) is 10.5 Å². The minimum absolute atomic E-state index is 0.158. The zero-order valence-corrected chi connectivity index (χ0v) is 11.0. The Labute approximate surface area is 112 Å². The summed E-state index contributed by atoms with van der Waals surface area (Å²) >= 11 is 1.31. The van der Waals surface area contributed by atoms with Crippen LogP contribution < -0.4 is 10.9 Å². The fourth-order valence-electron chi connectivity index (χ4n) is 1.35. The molecule has 1 amide bonds. The Morgan fingerprint density at radius 3 is 3.05 bits per heavy atom. The molecule has 7 nitrogen and oxygen atoms in total. The number of thiazole rings is 1. The molecule has 0 aliphatic heterocycles. The van der Waals surface area contributed by atoms with Crippen molar-refractivity contribution < 1.29 is 9.53 Å². The van der Waals surface area contributed by atoms with E-state index in [2.05, 4.69) is 15.4 Å². The standard InChI is InChI=1S/C11H12N4O3S/c1-18-6-5-15-9(16)3-2-8(14-15)10(17)13-11-12-4-7-19-11/h2-4,7H,5-6H2,1H3,(H,12,13,17). The third-order valence-electron chi connectivity index (χ3n) is 2.26. The molecule has 0 saturated carbocycles. The molecule has 0 bridgehead atoms. The third-order valence-corrected chi connectivity index (χ3v) is 2.95. The summed E-state index contributed by atoms with van der Waals surface area (Å²) < 4.78 is 6.07. The smallest absolute Gasteiger partial charge is 0.277 e. The predicted octanol–water partition coefficient (Wildman–Crippen LogP) is 0.598. The number of aromatic nitrogens is 3. The lowest BCUT2D eigenvalue weighted by Gasteiger charge is -2.05. The zero-order chi connectivity index (χ0) is 13.7. The zero-order valence-electron chi connectivity index (χ0n) is 10.2. The molecule has 0 unspecified atom stereocenters. The average Bonchev–Trinajstić information content (AvgIpc) is 2.90. The van der Waals surface area contributed by atoms with Crippen molar-refractivity contribution in [3.63, 3.8) is 0 Å². The second-order valence-electron chi connectivity index (χ2n) is 3.56. The van der Waals surface area contributed by atoms with Crippen LogP contribution in [0, 0.1) is 0 Å². The number of nitrogens with zero attached hydrogens (tertiary/aromatic N) is 3. The quantitative estimate of drug-likeness (QED) is 0.866. The van der Waals surface area contributed by atoms with E-state index in [-0.39, 0.29) is 11.3 Å². The molecule has 0 aliphatic carbocycles. The molecule has 19 heavy (non-hydrogen) atoms. The van der Waals surface area contributed by atoms with Gasteiger partial charge in [0.15, 0.2) is 5.13 Å². The number of nitrogens with one attached hydrogen (secondary N) is 1. The number of ether oxygens (including phenoxy) is 1. The molecule has 0 aromatic carbocycles. The molecule has 0 fully saturated rings. The number of carbonyl (C=O) groups is 1. The fourth-order valence-corrected chi connectivity index (χ4v) is 1.88.